The van der Waals surface area contributed by atoms with E-state index in [1.165, 1.54) is 0 Å². The molecule has 126 valence electrons. The van der Waals surface area contributed by atoms with Crippen molar-refractivity contribution in [3.8, 4) is 0 Å². The van der Waals surface area contributed by atoms with Gasteiger partial charge in [-0.2, -0.15) is 8.42 Å². The van der Waals surface area contributed by atoms with Gasteiger partial charge < -0.3 is 4.43 Å². The SMILES string of the molecule is CC[Si](CC)(CC)OCC(C)OS(=O)(=O)c1ccc(C)cc1. The number of aryl methyl sites for hydroxylation is 1. The molecule has 0 aliphatic rings. The first kappa shape index (κ1) is 19.4. The molecule has 1 unspecified atom stereocenters. The van der Waals surface area contributed by atoms with Crippen molar-refractivity contribution in [1.29, 1.82) is 0 Å². The fourth-order valence-corrected chi connectivity index (χ4v) is 6.12. The molecule has 0 radical (unpaired) electrons. The lowest BCUT2D eigenvalue weighted by molar-refractivity contribution is 0.141. The third-order valence-corrected chi connectivity index (χ3v) is 10.2. The molecular weight excluding hydrogens is 316 g/mol. The van der Waals surface area contributed by atoms with Gasteiger partial charge in [0.2, 0.25) is 0 Å². The van der Waals surface area contributed by atoms with Crippen molar-refractivity contribution >= 4 is 18.4 Å². The van der Waals surface area contributed by atoms with Crippen LogP contribution < -0.4 is 0 Å². The minimum absolute atomic E-state index is 0.190. The maximum atomic E-state index is 12.2. The zero-order valence-corrected chi connectivity index (χ0v) is 16.1. The molecule has 6 heteroatoms. The molecule has 4 nitrogen and oxygen atoms in total. The summed E-state index contributed by atoms with van der Waals surface area (Å²) in [5.41, 5.74) is 1.01. The Balaban J connectivity index is 2.68. The Bertz CT molecular complexity index is 542. The van der Waals surface area contributed by atoms with E-state index in [2.05, 4.69) is 20.8 Å². The molecule has 0 heterocycles. The van der Waals surface area contributed by atoms with Crippen molar-refractivity contribution in [2.75, 3.05) is 6.61 Å². The molecule has 0 saturated heterocycles. The zero-order chi connectivity index (χ0) is 16.8. The molecule has 1 aromatic carbocycles. The van der Waals surface area contributed by atoms with Gasteiger partial charge in [0.05, 0.1) is 17.6 Å². The third kappa shape index (κ3) is 5.19. The van der Waals surface area contributed by atoms with Crippen LogP contribution in [0.3, 0.4) is 0 Å². The molecule has 0 aromatic heterocycles. The molecule has 0 aliphatic carbocycles. The maximum Gasteiger partial charge on any atom is 0.297 e. The van der Waals surface area contributed by atoms with Gasteiger partial charge in [-0.25, -0.2) is 0 Å². The first-order valence-corrected chi connectivity index (χ1v) is 11.9. The summed E-state index contributed by atoms with van der Waals surface area (Å²) in [6.45, 7) is 10.4. The van der Waals surface area contributed by atoms with Crippen LogP contribution in [0.4, 0.5) is 0 Å². The van der Waals surface area contributed by atoms with Gasteiger partial charge in [0, 0.05) is 0 Å². The summed E-state index contributed by atoms with van der Waals surface area (Å²) < 4.78 is 35.8. The standard InChI is InChI=1S/C16H28O4SSi/c1-6-22(7-2,8-3)19-13-15(5)20-21(17,18)16-11-9-14(4)10-12-16/h9-12,15H,6-8,13H2,1-5H3. The van der Waals surface area contributed by atoms with Gasteiger partial charge >= 0.3 is 0 Å². The minimum Gasteiger partial charge on any atom is -0.414 e. The van der Waals surface area contributed by atoms with E-state index in [1.807, 2.05) is 6.92 Å². The lowest BCUT2D eigenvalue weighted by atomic mass is 10.2. The molecule has 0 aliphatic heterocycles. The smallest absolute Gasteiger partial charge is 0.297 e. The molecule has 1 aromatic rings. The first-order valence-electron chi connectivity index (χ1n) is 7.92. The molecular formula is C16H28O4SSi. The fraction of sp³-hybridized carbons (Fsp3) is 0.625. The normalized spacial score (nSPS) is 14.0. The molecule has 1 rings (SSSR count). The van der Waals surface area contributed by atoms with Crippen LogP contribution >= 0.6 is 0 Å². The van der Waals surface area contributed by atoms with Gasteiger partial charge in [0.15, 0.2) is 8.32 Å². The van der Waals surface area contributed by atoms with Gasteiger partial charge in [0.1, 0.15) is 0 Å². The van der Waals surface area contributed by atoms with Crippen LogP contribution in [0.1, 0.15) is 33.3 Å². The summed E-state index contributed by atoms with van der Waals surface area (Å²) in [4.78, 5) is 0.190. The molecule has 0 saturated carbocycles. The van der Waals surface area contributed by atoms with Crippen LogP contribution in [0.25, 0.3) is 0 Å². The minimum atomic E-state index is -3.73. The Morgan fingerprint density at radius 1 is 1.05 bits per heavy atom. The van der Waals surface area contributed by atoms with E-state index in [9.17, 15) is 8.42 Å². The summed E-state index contributed by atoms with van der Waals surface area (Å²) in [7, 11) is -5.45. The van der Waals surface area contributed by atoms with E-state index in [0.29, 0.717) is 6.61 Å². The van der Waals surface area contributed by atoms with Crippen molar-refractivity contribution in [1.82, 2.24) is 0 Å². The second-order valence-corrected chi connectivity index (χ2v) is 12.1. The Hall–Kier alpha value is -0.693. The fourth-order valence-electron chi connectivity index (χ4n) is 2.35. The van der Waals surface area contributed by atoms with Gasteiger partial charge in [-0.3, -0.25) is 4.18 Å². The lowest BCUT2D eigenvalue weighted by Gasteiger charge is -2.29. The molecule has 22 heavy (non-hydrogen) atoms. The van der Waals surface area contributed by atoms with Gasteiger partial charge in [0.25, 0.3) is 10.1 Å². The molecule has 1 atom stereocenters. The van der Waals surface area contributed by atoms with Gasteiger partial charge in [-0.05, 0) is 44.1 Å². The van der Waals surface area contributed by atoms with Gasteiger partial charge in [-0.15, -0.1) is 0 Å². The van der Waals surface area contributed by atoms with Crippen LogP contribution in [-0.4, -0.2) is 29.4 Å². The second-order valence-electron chi connectivity index (χ2n) is 5.73. The summed E-state index contributed by atoms with van der Waals surface area (Å²) in [6, 6.07) is 9.79. The average Bonchev–Trinajstić information content (AvgIpc) is 2.49. The predicted molar refractivity (Wildman–Crippen MR) is 92.1 cm³/mol. The third-order valence-electron chi connectivity index (χ3n) is 4.16. The first-order chi connectivity index (χ1) is 10.3. The highest BCUT2D eigenvalue weighted by molar-refractivity contribution is 7.86. The Morgan fingerprint density at radius 2 is 1.55 bits per heavy atom. The molecule has 0 amide bonds. The highest BCUT2D eigenvalue weighted by atomic mass is 32.2. The maximum absolute atomic E-state index is 12.2. The van der Waals surface area contributed by atoms with E-state index in [4.69, 9.17) is 8.61 Å². The zero-order valence-electron chi connectivity index (χ0n) is 14.3. The van der Waals surface area contributed by atoms with E-state index >= 15 is 0 Å². The average molecular weight is 345 g/mol. The lowest BCUT2D eigenvalue weighted by Crippen LogP contribution is -2.38. The predicted octanol–water partition coefficient (Wildman–Crippen LogP) is 4.11. The van der Waals surface area contributed by atoms with Crippen LogP contribution in [0.15, 0.2) is 29.2 Å². The summed E-state index contributed by atoms with van der Waals surface area (Å²) in [5, 5.41) is 0. The Morgan fingerprint density at radius 3 is 2.00 bits per heavy atom. The highest BCUT2D eigenvalue weighted by Crippen LogP contribution is 2.23. The van der Waals surface area contributed by atoms with E-state index in [-0.39, 0.29) is 4.90 Å². The molecule has 0 bridgehead atoms. The monoisotopic (exact) mass is 344 g/mol. The number of benzene rings is 1. The number of hydrogen-bond donors (Lipinski definition) is 0. The van der Waals surface area contributed by atoms with Gasteiger partial charge in [-0.1, -0.05) is 38.5 Å². The Labute approximate surface area is 136 Å². The summed E-state index contributed by atoms with van der Waals surface area (Å²) in [6.07, 6.45) is -0.483. The van der Waals surface area contributed by atoms with Crippen molar-refractivity contribution in [3.63, 3.8) is 0 Å². The van der Waals surface area contributed by atoms with Crippen LogP contribution in [0.2, 0.25) is 18.1 Å². The van der Waals surface area contributed by atoms with Crippen molar-refractivity contribution in [2.45, 2.75) is 63.8 Å². The number of rotatable bonds is 9. The highest BCUT2D eigenvalue weighted by Gasteiger charge is 2.30. The topological polar surface area (TPSA) is 52.6 Å². The Kier molecular flexibility index (Phi) is 7.25. The van der Waals surface area contributed by atoms with E-state index in [1.54, 1.807) is 31.2 Å². The quantitative estimate of drug-likeness (QED) is 0.500. The molecule has 0 fully saturated rings. The summed E-state index contributed by atoms with van der Waals surface area (Å²) in [5.74, 6) is 0. The van der Waals surface area contributed by atoms with E-state index < -0.39 is 24.5 Å². The van der Waals surface area contributed by atoms with Crippen LogP contribution in [0.5, 0.6) is 0 Å². The van der Waals surface area contributed by atoms with Crippen LogP contribution in [0, 0.1) is 6.92 Å². The second kappa shape index (κ2) is 8.24. The van der Waals surface area contributed by atoms with Crippen LogP contribution in [-0.2, 0) is 18.7 Å². The number of hydrogen-bond acceptors (Lipinski definition) is 4. The van der Waals surface area contributed by atoms with Crippen molar-refractivity contribution < 1.29 is 17.0 Å². The van der Waals surface area contributed by atoms with Crippen molar-refractivity contribution in [2.24, 2.45) is 0 Å². The van der Waals surface area contributed by atoms with E-state index in [0.717, 1.165) is 23.7 Å². The summed E-state index contributed by atoms with van der Waals surface area (Å²) >= 11 is 0. The molecule has 0 N–H and O–H groups in total. The largest absolute Gasteiger partial charge is 0.414 e. The van der Waals surface area contributed by atoms with Crippen molar-refractivity contribution in [3.05, 3.63) is 29.8 Å². The molecule has 0 spiro atoms.